The quantitative estimate of drug-likeness (QED) is 0.747. The van der Waals surface area contributed by atoms with Gasteiger partial charge in [-0.3, -0.25) is 4.79 Å². The summed E-state index contributed by atoms with van der Waals surface area (Å²) in [6.45, 7) is 2.34. The fourth-order valence-electron chi connectivity index (χ4n) is 2.20. The second-order valence-electron chi connectivity index (χ2n) is 5.23. The van der Waals surface area contributed by atoms with Gasteiger partial charge >= 0.3 is 0 Å². The highest BCUT2D eigenvalue weighted by Gasteiger charge is 2.41. The Hall–Kier alpha value is -1.75. The maximum Gasteiger partial charge on any atom is 0.255 e. The Morgan fingerprint density at radius 2 is 2.26 bits per heavy atom. The van der Waals surface area contributed by atoms with Crippen LogP contribution in [-0.4, -0.2) is 30.2 Å². The van der Waals surface area contributed by atoms with Crippen LogP contribution in [0.2, 0.25) is 0 Å². The number of aromatic hydroxyl groups is 1. The molecule has 1 saturated carbocycles. The fraction of sp³-hybridized carbons (Fsp3) is 0.500. The molecule has 1 fully saturated rings. The van der Waals surface area contributed by atoms with Gasteiger partial charge in [-0.05, 0) is 37.8 Å². The molecule has 0 saturated heterocycles. The van der Waals surface area contributed by atoms with Gasteiger partial charge < -0.3 is 20.9 Å². The predicted molar refractivity (Wildman–Crippen MR) is 72.3 cm³/mol. The topological polar surface area (TPSA) is 84.6 Å². The van der Waals surface area contributed by atoms with Crippen molar-refractivity contribution in [3.05, 3.63) is 23.8 Å². The Labute approximate surface area is 112 Å². The summed E-state index contributed by atoms with van der Waals surface area (Å²) in [5, 5.41) is 12.8. The van der Waals surface area contributed by atoms with Crippen molar-refractivity contribution in [2.75, 3.05) is 13.7 Å². The number of rotatable bonds is 5. The normalized spacial score (nSPS) is 17.6. The first-order valence-electron chi connectivity index (χ1n) is 6.40. The number of benzene rings is 1. The first-order chi connectivity index (χ1) is 9.00. The lowest BCUT2D eigenvalue weighted by molar-refractivity contribution is 0.0895. The molecule has 0 aliphatic heterocycles. The molecular weight excluding hydrogens is 244 g/mol. The van der Waals surface area contributed by atoms with Crippen LogP contribution < -0.4 is 15.8 Å². The zero-order valence-corrected chi connectivity index (χ0v) is 11.3. The Balaban J connectivity index is 2.15. The van der Waals surface area contributed by atoms with Gasteiger partial charge in [-0.15, -0.1) is 0 Å². The van der Waals surface area contributed by atoms with E-state index in [1.807, 2.05) is 6.92 Å². The van der Waals surface area contributed by atoms with Crippen molar-refractivity contribution < 1.29 is 14.6 Å². The lowest BCUT2D eigenvalue weighted by Crippen LogP contribution is -2.53. The molecule has 104 valence electrons. The van der Waals surface area contributed by atoms with Crippen molar-refractivity contribution in [2.24, 2.45) is 11.7 Å². The molecule has 1 aromatic rings. The van der Waals surface area contributed by atoms with Crippen molar-refractivity contribution in [2.45, 2.75) is 25.3 Å². The first-order valence-corrected chi connectivity index (χ1v) is 6.40. The average Bonchev–Trinajstić information content (AvgIpc) is 3.22. The molecule has 0 aromatic heterocycles. The number of hydrogen-bond acceptors (Lipinski definition) is 4. The van der Waals surface area contributed by atoms with Gasteiger partial charge in [-0.25, -0.2) is 0 Å². The zero-order valence-electron chi connectivity index (χ0n) is 11.3. The Morgan fingerprint density at radius 1 is 1.58 bits per heavy atom. The van der Waals surface area contributed by atoms with E-state index in [0.717, 1.165) is 12.8 Å². The monoisotopic (exact) mass is 264 g/mol. The van der Waals surface area contributed by atoms with Crippen molar-refractivity contribution in [1.82, 2.24) is 5.32 Å². The van der Waals surface area contributed by atoms with E-state index in [9.17, 15) is 9.90 Å². The van der Waals surface area contributed by atoms with Gasteiger partial charge in [-0.1, -0.05) is 0 Å². The largest absolute Gasteiger partial charge is 0.507 e. The van der Waals surface area contributed by atoms with E-state index in [0.29, 0.717) is 18.2 Å². The number of amides is 1. The Bertz CT molecular complexity index is 486. The number of nitrogens with two attached hydrogens (primary N) is 1. The molecule has 2 rings (SSSR count). The summed E-state index contributed by atoms with van der Waals surface area (Å²) in [5.74, 6) is 0.548. The second-order valence-corrected chi connectivity index (χ2v) is 5.23. The number of methoxy groups -OCH3 is 1. The van der Waals surface area contributed by atoms with E-state index >= 15 is 0 Å². The minimum Gasteiger partial charge on any atom is -0.507 e. The maximum atomic E-state index is 12.2. The minimum absolute atomic E-state index is 0.0907. The van der Waals surface area contributed by atoms with Gasteiger partial charge in [0.2, 0.25) is 0 Å². The molecule has 1 aliphatic rings. The van der Waals surface area contributed by atoms with Gasteiger partial charge in [0.15, 0.2) is 0 Å². The molecule has 5 heteroatoms. The third kappa shape index (κ3) is 2.81. The van der Waals surface area contributed by atoms with Gasteiger partial charge in [-0.2, -0.15) is 0 Å². The van der Waals surface area contributed by atoms with Crippen LogP contribution in [0, 0.1) is 5.92 Å². The molecule has 5 nitrogen and oxygen atoms in total. The van der Waals surface area contributed by atoms with Crippen LogP contribution in [0.4, 0.5) is 0 Å². The highest BCUT2D eigenvalue weighted by atomic mass is 16.5. The molecule has 19 heavy (non-hydrogen) atoms. The van der Waals surface area contributed by atoms with Crippen LogP contribution in [0.25, 0.3) is 0 Å². The second kappa shape index (κ2) is 5.09. The molecule has 1 atom stereocenters. The number of phenolic OH excluding ortho intramolecular Hbond substituents is 1. The van der Waals surface area contributed by atoms with Crippen LogP contribution >= 0.6 is 0 Å². The van der Waals surface area contributed by atoms with Gasteiger partial charge in [0.1, 0.15) is 11.5 Å². The summed E-state index contributed by atoms with van der Waals surface area (Å²) in [6.07, 6.45) is 2.17. The van der Waals surface area contributed by atoms with Gasteiger partial charge in [0.25, 0.3) is 5.91 Å². The smallest absolute Gasteiger partial charge is 0.255 e. The summed E-state index contributed by atoms with van der Waals surface area (Å²) in [6, 6.07) is 4.62. The van der Waals surface area contributed by atoms with Crippen LogP contribution in [0.3, 0.4) is 0 Å². The lowest BCUT2D eigenvalue weighted by atomic mass is 9.95. The number of phenols is 1. The van der Waals surface area contributed by atoms with Crippen LogP contribution in [0.5, 0.6) is 11.5 Å². The maximum absolute atomic E-state index is 12.2. The Kier molecular flexibility index (Phi) is 3.66. The summed E-state index contributed by atoms with van der Waals surface area (Å²) >= 11 is 0. The van der Waals surface area contributed by atoms with Crippen molar-refractivity contribution in [1.29, 1.82) is 0 Å². The molecule has 1 amide bonds. The molecule has 1 unspecified atom stereocenters. The van der Waals surface area contributed by atoms with E-state index in [1.54, 1.807) is 12.1 Å². The fourth-order valence-corrected chi connectivity index (χ4v) is 2.20. The Morgan fingerprint density at radius 3 is 2.74 bits per heavy atom. The van der Waals surface area contributed by atoms with Crippen molar-refractivity contribution >= 4 is 5.91 Å². The molecule has 0 bridgehead atoms. The first kappa shape index (κ1) is 13.7. The zero-order chi connectivity index (χ0) is 14.0. The molecular formula is C14H20N2O3. The van der Waals surface area contributed by atoms with E-state index < -0.39 is 5.54 Å². The summed E-state index contributed by atoms with van der Waals surface area (Å²) in [5.41, 5.74) is 5.60. The third-order valence-electron chi connectivity index (χ3n) is 3.75. The predicted octanol–water partition coefficient (Wildman–Crippen LogP) is 1.26. The number of hydrogen-bond donors (Lipinski definition) is 3. The molecule has 0 radical (unpaired) electrons. The number of carbonyl (C=O) groups is 1. The van der Waals surface area contributed by atoms with Crippen molar-refractivity contribution in [3.8, 4) is 11.5 Å². The highest BCUT2D eigenvalue weighted by Crippen LogP contribution is 2.39. The van der Waals surface area contributed by atoms with Crippen LogP contribution in [0.1, 0.15) is 30.1 Å². The molecule has 0 heterocycles. The van der Waals surface area contributed by atoms with E-state index in [4.69, 9.17) is 10.5 Å². The van der Waals surface area contributed by atoms with E-state index in [-0.39, 0.29) is 17.2 Å². The van der Waals surface area contributed by atoms with E-state index in [1.165, 1.54) is 13.2 Å². The summed E-state index contributed by atoms with van der Waals surface area (Å²) in [4.78, 5) is 12.2. The summed E-state index contributed by atoms with van der Waals surface area (Å²) < 4.78 is 4.99. The lowest BCUT2D eigenvalue weighted by Gasteiger charge is -2.29. The molecule has 1 aliphatic carbocycles. The highest BCUT2D eigenvalue weighted by molar-refractivity contribution is 5.97. The minimum atomic E-state index is -0.399. The van der Waals surface area contributed by atoms with Gasteiger partial charge in [0, 0.05) is 12.6 Å². The van der Waals surface area contributed by atoms with Crippen LogP contribution in [0.15, 0.2) is 18.2 Å². The SMILES string of the molecule is COc1ccc(C(=O)NC(C)(CN)C2CC2)c(O)c1. The third-order valence-corrected chi connectivity index (χ3v) is 3.75. The average molecular weight is 264 g/mol. The standard InChI is InChI=1S/C14H20N2O3/c1-14(8-15,9-3-4-9)16-13(18)11-6-5-10(19-2)7-12(11)17/h5-7,9,17H,3-4,8,15H2,1-2H3,(H,16,18). The van der Waals surface area contributed by atoms with Crippen molar-refractivity contribution in [3.63, 3.8) is 0 Å². The number of nitrogens with one attached hydrogen (secondary N) is 1. The number of ether oxygens (including phenoxy) is 1. The number of carbonyl (C=O) groups excluding carboxylic acids is 1. The molecule has 4 N–H and O–H groups in total. The van der Waals surface area contributed by atoms with Gasteiger partial charge in [0.05, 0.1) is 18.2 Å². The molecule has 0 spiro atoms. The van der Waals surface area contributed by atoms with Crippen LogP contribution in [-0.2, 0) is 0 Å². The summed E-state index contributed by atoms with van der Waals surface area (Å²) in [7, 11) is 1.51. The molecule has 1 aromatic carbocycles. The van der Waals surface area contributed by atoms with E-state index in [2.05, 4.69) is 5.32 Å².